The fourth-order valence-electron chi connectivity index (χ4n) is 2.67. The zero-order valence-electron chi connectivity index (χ0n) is 15.5. The maximum atomic E-state index is 11.3. The van der Waals surface area contributed by atoms with E-state index in [-0.39, 0.29) is 5.92 Å². The summed E-state index contributed by atoms with van der Waals surface area (Å²) in [5.74, 6) is -0.983. The molecule has 0 aromatic heterocycles. The molecule has 0 amide bonds. The van der Waals surface area contributed by atoms with Gasteiger partial charge in [0, 0.05) is 51.1 Å². The molecule has 0 aliphatic carbocycles. The second kappa shape index (κ2) is 7.88. The van der Waals surface area contributed by atoms with Crippen molar-refractivity contribution in [3.05, 3.63) is 71.3 Å². The number of carboxylic acids is 1. The number of benzene rings is 2. The molecule has 0 unspecified atom stereocenters. The molecule has 2 aromatic carbocycles. The van der Waals surface area contributed by atoms with Crippen LogP contribution in [-0.4, -0.2) is 39.3 Å². The maximum absolute atomic E-state index is 11.3. The van der Waals surface area contributed by atoms with E-state index in [0.29, 0.717) is 5.57 Å². The van der Waals surface area contributed by atoms with E-state index in [1.54, 1.807) is 6.92 Å². The Kier molecular flexibility index (Phi) is 5.86. The molecule has 0 bridgehead atoms. The van der Waals surface area contributed by atoms with Crippen LogP contribution in [0, 0.1) is 0 Å². The van der Waals surface area contributed by atoms with Crippen molar-refractivity contribution in [3.8, 4) is 0 Å². The van der Waals surface area contributed by atoms with E-state index in [1.165, 1.54) is 0 Å². The molecule has 0 aliphatic rings. The molecule has 2 aromatic rings. The summed E-state index contributed by atoms with van der Waals surface area (Å²) >= 11 is 0. The van der Waals surface area contributed by atoms with E-state index in [1.807, 2.05) is 44.1 Å². The molecule has 0 atom stereocenters. The highest BCUT2D eigenvalue weighted by Gasteiger charge is 2.14. The van der Waals surface area contributed by atoms with E-state index < -0.39 is 5.97 Å². The molecule has 0 saturated heterocycles. The Bertz CT molecular complexity index is 693. The Hall–Kier alpha value is -2.75. The Morgan fingerprint density at radius 3 is 1.48 bits per heavy atom. The Balaban J connectivity index is 2.46. The largest absolute Gasteiger partial charge is 0.478 e. The number of hydrogen-bond donors (Lipinski definition) is 1. The Labute approximate surface area is 150 Å². The molecule has 0 aliphatic heterocycles. The average molecular weight is 338 g/mol. The molecular formula is C21H26N2O2. The van der Waals surface area contributed by atoms with Gasteiger partial charge in [-0.1, -0.05) is 30.3 Å². The number of allylic oxidation sites excluding steroid dienone is 1. The molecule has 4 nitrogen and oxygen atoms in total. The van der Waals surface area contributed by atoms with Crippen molar-refractivity contribution < 1.29 is 9.90 Å². The molecule has 4 heteroatoms. The first-order valence-electron chi connectivity index (χ1n) is 8.26. The van der Waals surface area contributed by atoms with Crippen molar-refractivity contribution in [1.82, 2.24) is 0 Å². The summed E-state index contributed by atoms with van der Waals surface area (Å²) in [6, 6.07) is 16.5. The topological polar surface area (TPSA) is 43.8 Å². The molecule has 132 valence electrons. The van der Waals surface area contributed by atoms with Crippen molar-refractivity contribution in [3.63, 3.8) is 0 Å². The predicted octanol–water partition coefficient (Wildman–Crippen LogP) is 3.98. The van der Waals surface area contributed by atoms with Crippen molar-refractivity contribution in [2.24, 2.45) is 0 Å². The highest BCUT2D eigenvalue weighted by molar-refractivity contribution is 5.86. The Morgan fingerprint density at radius 2 is 1.20 bits per heavy atom. The van der Waals surface area contributed by atoms with Gasteiger partial charge in [-0.3, -0.25) is 0 Å². The average Bonchev–Trinajstić information content (AvgIpc) is 2.59. The van der Waals surface area contributed by atoms with Crippen LogP contribution in [0.15, 0.2) is 60.2 Å². The van der Waals surface area contributed by atoms with Crippen molar-refractivity contribution >= 4 is 17.3 Å². The van der Waals surface area contributed by atoms with Gasteiger partial charge in [-0.05, 0) is 42.3 Å². The third-order valence-corrected chi connectivity index (χ3v) is 4.29. The number of aliphatic carboxylic acids is 1. The number of rotatable bonds is 6. The van der Waals surface area contributed by atoms with Crippen LogP contribution in [0.5, 0.6) is 0 Å². The molecule has 0 heterocycles. The van der Waals surface area contributed by atoms with E-state index in [4.69, 9.17) is 0 Å². The highest BCUT2D eigenvalue weighted by Crippen LogP contribution is 2.30. The minimum absolute atomic E-state index is 0.0940. The fraction of sp³-hybridized carbons (Fsp3) is 0.286. The van der Waals surface area contributed by atoms with Gasteiger partial charge in [-0.2, -0.15) is 0 Å². The number of anilines is 2. The quantitative estimate of drug-likeness (QED) is 0.809. The molecule has 0 spiro atoms. The van der Waals surface area contributed by atoms with Gasteiger partial charge in [0.15, 0.2) is 0 Å². The fourth-order valence-corrected chi connectivity index (χ4v) is 2.67. The van der Waals surface area contributed by atoms with Crippen LogP contribution in [0.25, 0.3) is 0 Å². The van der Waals surface area contributed by atoms with Gasteiger partial charge < -0.3 is 14.9 Å². The number of carboxylic acid groups (broad SMARTS) is 1. The predicted molar refractivity (Wildman–Crippen MR) is 105 cm³/mol. The molecule has 0 fully saturated rings. The van der Waals surface area contributed by atoms with Crippen LogP contribution in [0.2, 0.25) is 0 Å². The van der Waals surface area contributed by atoms with Gasteiger partial charge in [-0.25, -0.2) is 4.79 Å². The third kappa shape index (κ3) is 4.63. The lowest BCUT2D eigenvalue weighted by molar-refractivity contribution is -0.132. The summed E-state index contributed by atoms with van der Waals surface area (Å²) in [5.41, 5.74) is 4.72. The minimum Gasteiger partial charge on any atom is -0.478 e. The molecule has 2 rings (SSSR count). The van der Waals surface area contributed by atoms with Crippen LogP contribution in [-0.2, 0) is 4.79 Å². The third-order valence-electron chi connectivity index (χ3n) is 4.29. The second-order valence-corrected chi connectivity index (χ2v) is 6.60. The van der Waals surface area contributed by atoms with Gasteiger partial charge >= 0.3 is 5.97 Å². The molecule has 25 heavy (non-hydrogen) atoms. The highest BCUT2D eigenvalue weighted by atomic mass is 16.4. The van der Waals surface area contributed by atoms with E-state index in [9.17, 15) is 9.90 Å². The van der Waals surface area contributed by atoms with E-state index >= 15 is 0 Å². The smallest absolute Gasteiger partial charge is 0.330 e. The Morgan fingerprint density at radius 1 is 0.840 bits per heavy atom. The number of nitrogens with zero attached hydrogens (tertiary/aromatic N) is 2. The number of carbonyl (C=O) groups is 1. The summed E-state index contributed by atoms with van der Waals surface area (Å²) in [4.78, 5) is 15.4. The van der Waals surface area contributed by atoms with Gasteiger partial charge in [0.2, 0.25) is 0 Å². The van der Waals surface area contributed by atoms with Crippen LogP contribution in [0.3, 0.4) is 0 Å². The summed E-state index contributed by atoms with van der Waals surface area (Å²) in [6.07, 6.45) is 1.82. The first-order valence-corrected chi connectivity index (χ1v) is 8.26. The van der Waals surface area contributed by atoms with Gasteiger partial charge in [-0.15, -0.1) is 0 Å². The van der Waals surface area contributed by atoms with Crippen LogP contribution < -0.4 is 9.80 Å². The van der Waals surface area contributed by atoms with Crippen molar-refractivity contribution in [2.45, 2.75) is 12.8 Å². The summed E-state index contributed by atoms with van der Waals surface area (Å²) in [5, 5.41) is 9.28. The van der Waals surface area contributed by atoms with Gasteiger partial charge in [0.1, 0.15) is 0 Å². The molecule has 0 saturated carbocycles. The minimum atomic E-state index is -0.889. The summed E-state index contributed by atoms with van der Waals surface area (Å²) in [7, 11) is 8.00. The lowest BCUT2D eigenvalue weighted by atomic mass is 9.89. The molecule has 1 N–H and O–H groups in total. The van der Waals surface area contributed by atoms with Crippen LogP contribution in [0.1, 0.15) is 24.0 Å². The second-order valence-electron chi connectivity index (χ2n) is 6.60. The zero-order chi connectivity index (χ0) is 18.6. The van der Waals surface area contributed by atoms with Crippen molar-refractivity contribution in [1.29, 1.82) is 0 Å². The SMILES string of the molecule is CC(=CC(c1ccc(N(C)C)cc1)c1ccc(N(C)C)cc1)C(=O)O. The monoisotopic (exact) mass is 338 g/mol. The van der Waals surface area contributed by atoms with E-state index in [2.05, 4.69) is 48.5 Å². The molecule has 0 radical (unpaired) electrons. The van der Waals surface area contributed by atoms with Crippen LogP contribution >= 0.6 is 0 Å². The van der Waals surface area contributed by atoms with E-state index in [0.717, 1.165) is 22.5 Å². The van der Waals surface area contributed by atoms with Crippen molar-refractivity contribution in [2.75, 3.05) is 38.0 Å². The standard InChI is InChI=1S/C21H26N2O2/c1-15(21(24)25)14-20(16-6-10-18(11-7-16)22(2)3)17-8-12-19(13-9-17)23(4)5/h6-14,20H,1-5H3,(H,24,25). The normalized spacial score (nSPS) is 11.5. The van der Waals surface area contributed by atoms with Crippen LogP contribution in [0.4, 0.5) is 11.4 Å². The first kappa shape index (κ1) is 18.6. The number of hydrogen-bond acceptors (Lipinski definition) is 3. The lowest BCUT2D eigenvalue weighted by Crippen LogP contribution is -2.10. The van der Waals surface area contributed by atoms with Gasteiger partial charge in [0.25, 0.3) is 0 Å². The first-order chi connectivity index (χ1) is 11.8. The summed E-state index contributed by atoms with van der Waals surface area (Å²) < 4.78 is 0. The van der Waals surface area contributed by atoms with Gasteiger partial charge in [0.05, 0.1) is 0 Å². The summed E-state index contributed by atoms with van der Waals surface area (Å²) in [6.45, 7) is 1.64. The maximum Gasteiger partial charge on any atom is 0.330 e. The molecular weight excluding hydrogens is 312 g/mol. The lowest BCUT2D eigenvalue weighted by Gasteiger charge is -2.19. The zero-order valence-corrected chi connectivity index (χ0v) is 15.5.